The molecule has 29 heavy (non-hydrogen) atoms. The van der Waals surface area contributed by atoms with E-state index in [1.807, 2.05) is 6.92 Å². The van der Waals surface area contributed by atoms with Gasteiger partial charge in [-0.1, -0.05) is 12.1 Å². The minimum Gasteiger partial charge on any atom is -0.490 e. The summed E-state index contributed by atoms with van der Waals surface area (Å²) in [5.41, 5.74) is 0.454. The number of alkyl halides is 2. The molecule has 0 aromatic heterocycles. The van der Waals surface area contributed by atoms with Gasteiger partial charge in [0, 0.05) is 31.7 Å². The van der Waals surface area contributed by atoms with E-state index < -0.39 is 16.6 Å². The smallest absolute Gasteiger partial charge is 0.387 e. The van der Waals surface area contributed by atoms with Gasteiger partial charge in [-0.15, -0.1) is 0 Å². The molecule has 2 rings (SSSR count). The van der Waals surface area contributed by atoms with E-state index in [4.69, 9.17) is 4.74 Å². The van der Waals surface area contributed by atoms with E-state index in [0.717, 1.165) is 0 Å². The zero-order valence-corrected chi connectivity index (χ0v) is 17.5. The minimum absolute atomic E-state index is 0.0351. The molecule has 0 unspecified atom stereocenters. The number of ether oxygens (including phenoxy) is 2. The topological polar surface area (TPSA) is 92.3 Å². The first kappa shape index (κ1) is 23.1. The first-order chi connectivity index (χ1) is 13.9. The van der Waals surface area contributed by atoms with E-state index in [9.17, 15) is 17.2 Å². The third-order valence-electron chi connectivity index (χ3n) is 4.18. The number of para-hydroxylation sites is 1. The molecule has 2 N–H and O–H groups in total. The van der Waals surface area contributed by atoms with Crippen LogP contribution in [0.4, 0.5) is 8.78 Å². The molecule has 0 bridgehead atoms. The average Bonchev–Trinajstić information content (AvgIpc) is 3.00. The van der Waals surface area contributed by atoms with Crippen molar-refractivity contribution in [2.45, 2.75) is 33.4 Å². The van der Waals surface area contributed by atoms with Gasteiger partial charge in [0.05, 0.1) is 18.9 Å². The van der Waals surface area contributed by atoms with Crippen molar-refractivity contribution in [3.63, 3.8) is 0 Å². The summed E-state index contributed by atoms with van der Waals surface area (Å²) >= 11 is 0. The number of halogens is 2. The second-order valence-corrected chi connectivity index (χ2v) is 8.33. The maximum atomic E-state index is 12.8. The fraction of sp³-hybridized carbons (Fsp3) is 0.611. The Labute approximate surface area is 170 Å². The van der Waals surface area contributed by atoms with Crippen LogP contribution < -0.4 is 20.1 Å². The van der Waals surface area contributed by atoms with E-state index in [1.165, 1.54) is 4.31 Å². The van der Waals surface area contributed by atoms with Crippen LogP contribution >= 0.6 is 0 Å². The molecule has 11 heteroatoms. The Kier molecular flexibility index (Phi) is 8.90. The molecule has 1 saturated heterocycles. The van der Waals surface area contributed by atoms with Crippen molar-refractivity contribution < 1.29 is 26.7 Å². The normalized spacial score (nSPS) is 16.8. The monoisotopic (exact) mass is 434 g/mol. The number of rotatable bonds is 10. The van der Waals surface area contributed by atoms with Gasteiger partial charge in [-0.2, -0.15) is 8.78 Å². The van der Waals surface area contributed by atoms with Crippen molar-refractivity contribution in [1.29, 1.82) is 0 Å². The predicted molar refractivity (Wildman–Crippen MR) is 107 cm³/mol. The zero-order chi connectivity index (χ0) is 21.3. The molecule has 1 heterocycles. The van der Waals surface area contributed by atoms with E-state index in [-0.39, 0.29) is 23.8 Å². The number of guanidine groups is 1. The highest BCUT2D eigenvalue weighted by molar-refractivity contribution is 7.89. The number of sulfonamides is 1. The Morgan fingerprint density at radius 1 is 1.31 bits per heavy atom. The van der Waals surface area contributed by atoms with Crippen LogP contribution in [0.25, 0.3) is 0 Å². The van der Waals surface area contributed by atoms with Crippen LogP contribution in [-0.4, -0.2) is 63.8 Å². The van der Waals surface area contributed by atoms with Crippen LogP contribution in [-0.2, 0) is 16.6 Å². The lowest BCUT2D eigenvalue weighted by Gasteiger charge is -2.17. The van der Waals surface area contributed by atoms with Crippen molar-refractivity contribution in [2.24, 2.45) is 4.99 Å². The molecule has 0 spiro atoms. The zero-order valence-electron chi connectivity index (χ0n) is 16.7. The summed E-state index contributed by atoms with van der Waals surface area (Å²) in [4.78, 5) is 4.40. The van der Waals surface area contributed by atoms with Crippen LogP contribution in [0, 0.1) is 0 Å². The summed E-state index contributed by atoms with van der Waals surface area (Å²) in [5, 5.41) is 6.12. The lowest BCUT2D eigenvalue weighted by atomic mass is 10.2. The molecular formula is C18H28F2N4O4S. The van der Waals surface area contributed by atoms with Gasteiger partial charge >= 0.3 is 6.61 Å². The number of benzene rings is 1. The number of aliphatic imine (C=N–C) groups is 1. The van der Waals surface area contributed by atoms with Crippen LogP contribution in [0.5, 0.6) is 11.5 Å². The van der Waals surface area contributed by atoms with Crippen molar-refractivity contribution >= 4 is 16.0 Å². The van der Waals surface area contributed by atoms with E-state index in [1.54, 1.807) is 25.1 Å². The highest BCUT2D eigenvalue weighted by Gasteiger charge is 2.27. The first-order valence-corrected chi connectivity index (χ1v) is 11.2. The van der Waals surface area contributed by atoms with Crippen LogP contribution in [0.2, 0.25) is 0 Å². The lowest BCUT2D eigenvalue weighted by Crippen LogP contribution is -2.42. The molecular weight excluding hydrogens is 406 g/mol. The highest BCUT2D eigenvalue weighted by atomic mass is 32.2. The Bertz CT molecular complexity index is 790. The maximum Gasteiger partial charge on any atom is 0.387 e. The summed E-state index contributed by atoms with van der Waals surface area (Å²) in [6.45, 7) is 2.90. The maximum absolute atomic E-state index is 12.8. The summed E-state index contributed by atoms with van der Waals surface area (Å²) < 4.78 is 60.8. The number of hydrogen-bond acceptors (Lipinski definition) is 5. The summed E-state index contributed by atoms with van der Waals surface area (Å²) in [6.07, 6.45) is 0.638. The quantitative estimate of drug-likeness (QED) is 0.431. The van der Waals surface area contributed by atoms with Gasteiger partial charge in [0.1, 0.15) is 0 Å². The number of hydrogen-bond donors (Lipinski definition) is 2. The molecule has 8 nitrogen and oxygen atoms in total. The SMILES string of the molecule is CCNC(=NCc1cccc(OCC)c1OC(F)F)NCCN1CCCS1(=O)=O. The predicted octanol–water partition coefficient (Wildman–Crippen LogP) is 1.78. The van der Waals surface area contributed by atoms with Crippen molar-refractivity contribution in [2.75, 3.05) is 38.5 Å². The molecule has 1 aromatic rings. The van der Waals surface area contributed by atoms with Gasteiger partial charge in [0.2, 0.25) is 10.0 Å². The Morgan fingerprint density at radius 2 is 2.10 bits per heavy atom. The number of nitrogens with zero attached hydrogens (tertiary/aromatic N) is 2. The molecule has 1 fully saturated rings. The van der Waals surface area contributed by atoms with Crippen LogP contribution in [0.1, 0.15) is 25.8 Å². The van der Waals surface area contributed by atoms with E-state index >= 15 is 0 Å². The average molecular weight is 435 g/mol. The fourth-order valence-corrected chi connectivity index (χ4v) is 4.45. The summed E-state index contributed by atoms with van der Waals surface area (Å²) in [6, 6.07) is 4.89. The Balaban J connectivity index is 2.06. The van der Waals surface area contributed by atoms with Crippen LogP contribution in [0.3, 0.4) is 0 Å². The van der Waals surface area contributed by atoms with Gasteiger partial charge in [-0.3, -0.25) is 0 Å². The number of nitrogens with one attached hydrogen (secondary N) is 2. The molecule has 0 radical (unpaired) electrons. The molecule has 1 aromatic carbocycles. The molecule has 1 aliphatic heterocycles. The van der Waals surface area contributed by atoms with Crippen molar-refractivity contribution in [1.82, 2.24) is 14.9 Å². The summed E-state index contributed by atoms with van der Waals surface area (Å²) in [5.74, 6) is 0.836. The molecule has 1 aliphatic rings. The lowest BCUT2D eigenvalue weighted by molar-refractivity contribution is -0.0520. The third kappa shape index (κ3) is 7.00. The van der Waals surface area contributed by atoms with Gasteiger partial charge < -0.3 is 20.1 Å². The molecule has 0 amide bonds. The highest BCUT2D eigenvalue weighted by Crippen LogP contribution is 2.33. The van der Waals surface area contributed by atoms with Gasteiger partial charge in [-0.25, -0.2) is 17.7 Å². The van der Waals surface area contributed by atoms with Gasteiger partial charge in [0.15, 0.2) is 17.5 Å². The minimum atomic E-state index is -3.15. The van der Waals surface area contributed by atoms with Crippen molar-refractivity contribution in [3.8, 4) is 11.5 Å². The standard InChI is InChI=1S/C18H28F2N4O4S/c1-3-21-18(22-9-11-24-10-6-12-29(24,25)26)23-13-14-7-5-8-15(27-4-2)16(14)28-17(19)20/h5,7-8,17H,3-4,6,9-13H2,1-2H3,(H2,21,22,23). The molecule has 0 atom stereocenters. The molecule has 0 saturated carbocycles. The Hall–Kier alpha value is -2.14. The van der Waals surface area contributed by atoms with E-state index in [2.05, 4.69) is 20.4 Å². The van der Waals surface area contributed by atoms with Crippen molar-refractivity contribution in [3.05, 3.63) is 23.8 Å². The van der Waals surface area contributed by atoms with E-state index in [0.29, 0.717) is 50.7 Å². The second-order valence-electron chi connectivity index (χ2n) is 6.25. The third-order valence-corrected chi connectivity index (χ3v) is 6.13. The Morgan fingerprint density at radius 3 is 2.72 bits per heavy atom. The first-order valence-electron chi connectivity index (χ1n) is 9.56. The fourth-order valence-electron chi connectivity index (χ4n) is 2.93. The van der Waals surface area contributed by atoms with Gasteiger partial charge in [0.25, 0.3) is 0 Å². The largest absolute Gasteiger partial charge is 0.490 e. The summed E-state index contributed by atoms with van der Waals surface area (Å²) in [7, 11) is -3.15. The van der Waals surface area contributed by atoms with Crippen LogP contribution in [0.15, 0.2) is 23.2 Å². The molecule has 164 valence electrons. The second kappa shape index (κ2) is 11.1. The molecule has 0 aliphatic carbocycles. The van der Waals surface area contributed by atoms with Gasteiger partial charge in [-0.05, 0) is 26.3 Å².